The highest BCUT2D eigenvalue weighted by atomic mass is 16.8. The molecule has 34 heavy (non-hydrogen) atoms. The molecule has 180 valence electrons. The quantitative estimate of drug-likeness (QED) is 0.422. The smallest absolute Gasteiger partial charge is 0.163 e. The zero-order chi connectivity index (χ0) is 24.2. The molecule has 0 aliphatic carbocycles. The molecule has 0 amide bonds. The topological polar surface area (TPSA) is 94.2 Å². The number of benzene rings is 3. The van der Waals surface area contributed by atoms with Crippen LogP contribution in [0.5, 0.6) is 0 Å². The summed E-state index contributed by atoms with van der Waals surface area (Å²) in [7, 11) is 0. The first kappa shape index (κ1) is 24.5. The summed E-state index contributed by atoms with van der Waals surface area (Å²) < 4.78 is 19.0. The molecule has 3 aromatic rings. The lowest BCUT2D eigenvalue weighted by molar-refractivity contribution is -0.157. The van der Waals surface area contributed by atoms with Gasteiger partial charge in [0.25, 0.3) is 0 Å². The standard InChI is InChI=1S/C28H33NO5/c1-27(2)33-24(26(34-27)25(29)23(31)18-30)19-32-28(20-12-6-3-7-13-20,21-14-8-4-9-15-21)22-16-10-5-11-17-22/h3-17,23-26,30-31H,18-19,29H2,1-2H3/t23-,24-,25+,26+/m1/s1. The number of nitrogens with two attached hydrogens (primary N) is 1. The minimum absolute atomic E-state index is 0.151. The van der Waals surface area contributed by atoms with Gasteiger partial charge in [-0.15, -0.1) is 0 Å². The lowest BCUT2D eigenvalue weighted by Gasteiger charge is -2.37. The van der Waals surface area contributed by atoms with Crippen molar-refractivity contribution in [3.8, 4) is 0 Å². The second-order valence-corrected chi connectivity index (χ2v) is 9.06. The zero-order valence-electron chi connectivity index (χ0n) is 19.6. The van der Waals surface area contributed by atoms with Crippen molar-refractivity contribution in [2.24, 2.45) is 5.73 Å². The van der Waals surface area contributed by atoms with E-state index in [0.29, 0.717) is 0 Å². The summed E-state index contributed by atoms with van der Waals surface area (Å²) in [6, 6.07) is 29.4. The van der Waals surface area contributed by atoms with E-state index in [1.165, 1.54) is 0 Å². The average molecular weight is 464 g/mol. The van der Waals surface area contributed by atoms with Crippen LogP contribution < -0.4 is 5.73 Å². The molecular weight excluding hydrogens is 430 g/mol. The monoisotopic (exact) mass is 463 g/mol. The summed E-state index contributed by atoms with van der Waals surface area (Å²) in [4.78, 5) is 0. The van der Waals surface area contributed by atoms with Crippen molar-refractivity contribution < 1.29 is 24.4 Å². The Bertz CT molecular complexity index is 932. The number of ether oxygens (including phenoxy) is 3. The van der Waals surface area contributed by atoms with E-state index in [4.69, 9.17) is 19.9 Å². The summed E-state index contributed by atoms with van der Waals surface area (Å²) in [6.45, 7) is 3.30. The molecule has 0 aromatic heterocycles. The molecule has 1 fully saturated rings. The Hall–Kier alpha value is -2.58. The summed E-state index contributed by atoms with van der Waals surface area (Å²) in [5.41, 5.74) is 8.26. The van der Waals surface area contributed by atoms with Crippen LogP contribution in [0.1, 0.15) is 30.5 Å². The summed E-state index contributed by atoms with van der Waals surface area (Å²) in [5, 5.41) is 19.6. The van der Waals surface area contributed by atoms with Crippen molar-refractivity contribution in [3.63, 3.8) is 0 Å². The van der Waals surface area contributed by atoms with Crippen LogP contribution >= 0.6 is 0 Å². The molecule has 0 spiro atoms. The average Bonchev–Trinajstić information content (AvgIpc) is 3.19. The summed E-state index contributed by atoms with van der Waals surface area (Å²) in [6.07, 6.45) is -2.34. The molecular formula is C28H33NO5. The van der Waals surface area contributed by atoms with Crippen molar-refractivity contribution >= 4 is 0 Å². The Kier molecular flexibility index (Phi) is 7.48. The molecule has 4 atom stereocenters. The van der Waals surface area contributed by atoms with E-state index in [1.54, 1.807) is 13.8 Å². The Morgan fingerprint density at radius 1 is 0.853 bits per heavy atom. The Morgan fingerprint density at radius 2 is 1.29 bits per heavy atom. The first-order valence-corrected chi connectivity index (χ1v) is 11.6. The Balaban J connectivity index is 1.76. The maximum Gasteiger partial charge on any atom is 0.163 e. The van der Waals surface area contributed by atoms with Gasteiger partial charge in [-0.1, -0.05) is 91.0 Å². The third-order valence-electron chi connectivity index (χ3n) is 6.24. The van der Waals surface area contributed by atoms with E-state index in [1.807, 2.05) is 54.6 Å². The van der Waals surface area contributed by atoms with E-state index in [2.05, 4.69) is 36.4 Å². The third-order valence-corrected chi connectivity index (χ3v) is 6.24. The largest absolute Gasteiger partial charge is 0.394 e. The number of hydrogen-bond donors (Lipinski definition) is 3. The lowest BCUT2D eigenvalue weighted by atomic mass is 9.80. The first-order valence-electron chi connectivity index (χ1n) is 11.6. The van der Waals surface area contributed by atoms with Crippen LogP contribution in [0.15, 0.2) is 91.0 Å². The molecule has 4 rings (SSSR count). The fraction of sp³-hybridized carbons (Fsp3) is 0.357. The van der Waals surface area contributed by atoms with E-state index in [9.17, 15) is 10.2 Å². The second kappa shape index (κ2) is 10.4. The van der Waals surface area contributed by atoms with Crippen LogP contribution in [-0.2, 0) is 19.8 Å². The molecule has 0 bridgehead atoms. The molecule has 6 nitrogen and oxygen atoms in total. The van der Waals surface area contributed by atoms with Crippen molar-refractivity contribution in [2.45, 2.75) is 49.6 Å². The van der Waals surface area contributed by atoms with Gasteiger partial charge in [0.15, 0.2) is 5.79 Å². The molecule has 1 aliphatic heterocycles. The third kappa shape index (κ3) is 4.93. The highest BCUT2D eigenvalue weighted by molar-refractivity contribution is 5.47. The Morgan fingerprint density at radius 3 is 1.71 bits per heavy atom. The fourth-order valence-corrected chi connectivity index (χ4v) is 4.63. The van der Waals surface area contributed by atoms with Crippen molar-refractivity contribution in [1.82, 2.24) is 0 Å². The highest BCUT2D eigenvalue weighted by Gasteiger charge is 2.48. The molecule has 0 saturated carbocycles. The van der Waals surface area contributed by atoms with Crippen molar-refractivity contribution in [1.29, 1.82) is 0 Å². The van der Waals surface area contributed by atoms with Crippen LogP contribution in [0.2, 0.25) is 0 Å². The van der Waals surface area contributed by atoms with Gasteiger partial charge in [0.2, 0.25) is 0 Å². The molecule has 0 radical (unpaired) electrons. The molecule has 1 heterocycles. The molecule has 3 aromatic carbocycles. The van der Waals surface area contributed by atoms with Crippen LogP contribution in [0.4, 0.5) is 0 Å². The summed E-state index contributed by atoms with van der Waals surface area (Å²) in [5.74, 6) is -0.902. The molecule has 1 aliphatic rings. The van der Waals surface area contributed by atoms with Crippen LogP contribution in [0.3, 0.4) is 0 Å². The lowest BCUT2D eigenvalue weighted by Crippen LogP contribution is -2.52. The summed E-state index contributed by atoms with van der Waals surface area (Å²) >= 11 is 0. The van der Waals surface area contributed by atoms with Gasteiger partial charge in [-0.25, -0.2) is 0 Å². The van der Waals surface area contributed by atoms with Gasteiger partial charge in [-0.2, -0.15) is 0 Å². The molecule has 6 heteroatoms. The van der Waals surface area contributed by atoms with E-state index in [0.717, 1.165) is 16.7 Å². The van der Waals surface area contributed by atoms with Crippen molar-refractivity contribution in [3.05, 3.63) is 108 Å². The van der Waals surface area contributed by atoms with Gasteiger partial charge in [0.1, 0.15) is 17.8 Å². The van der Waals surface area contributed by atoms with Crippen LogP contribution in [-0.4, -0.2) is 53.6 Å². The van der Waals surface area contributed by atoms with E-state index in [-0.39, 0.29) is 6.61 Å². The number of aliphatic hydroxyl groups excluding tert-OH is 2. The predicted molar refractivity (Wildman–Crippen MR) is 130 cm³/mol. The fourth-order valence-electron chi connectivity index (χ4n) is 4.63. The van der Waals surface area contributed by atoms with Gasteiger partial charge in [-0.3, -0.25) is 0 Å². The van der Waals surface area contributed by atoms with Gasteiger partial charge >= 0.3 is 0 Å². The van der Waals surface area contributed by atoms with Gasteiger partial charge in [0, 0.05) is 0 Å². The van der Waals surface area contributed by atoms with Crippen LogP contribution in [0.25, 0.3) is 0 Å². The van der Waals surface area contributed by atoms with Gasteiger partial charge in [0.05, 0.1) is 25.4 Å². The molecule has 1 saturated heterocycles. The van der Waals surface area contributed by atoms with Crippen molar-refractivity contribution in [2.75, 3.05) is 13.2 Å². The second-order valence-electron chi connectivity index (χ2n) is 9.06. The van der Waals surface area contributed by atoms with E-state index >= 15 is 0 Å². The minimum Gasteiger partial charge on any atom is -0.394 e. The predicted octanol–water partition coefficient (Wildman–Crippen LogP) is 3.20. The molecule has 4 N–H and O–H groups in total. The minimum atomic E-state index is -1.13. The van der Waals surface area contributed by atoms with Gasteiger partial charge in [-0.05, 0) is 30.5 Å². The zero-order valence-corrected chi connectivity index (χ0v) is 19.6. The number of rotatable bonds is 9. The van der Waals surface area contributed by atoms with E-state index < -0.39 is 42.3 Å². The number of hydrogen-bond acceptors (Lipinski definition) is 6. The highest BCUT2D eigenvalue weighted by Crippen LogP contribution is 2.41. The first-order chi connectivity index (χ1) is 16.4. The number of aliphatic hydroxyl groups is 2. The maximum atomic E-state index is 10.2. The maximum absolute atomic E-state index is 10.2. The SMILES string of the molecule is CC1(C)O[C@H]([C@@H](N)[C@H](O)CO)[C@@H](COC(c2ccccc2)(c2ccccc2)c2ccccc2)O1. The normalized spacial score (nSPS) is 21.8. The Labute approximate surface area is 200 Å². The van der Waals surface area contributed by atoms with Gasteiger partial charge < -0.3 is 30.2 Å². The van der Waals surface area contributed by atoms with Crippen LogP contribution in [0, 0.1) is 0 Å². The molecule has 0 unspecified atom stereocenters.